The molecule has 0 radical (unpaired) electrons. The van der Waals surface area contributed by atoms with Crippen molar-refractivity contribution in [3.8, 4) is 0 Å². The van der Waals surface area contributed by atoms with Gasteiger partial charge in [-0.2, -0.15) is 0 Å². The van der Waals surface area contributed by atoms with Crippen molar-refractivity contribution in [3.63, 3.8) is 0 Å². The van der Waals surface area contributed by atoms with Crippen LogP contribution in [0.4, 0.5) is 0 Å². The first kappa shape index (κ1) is 59.4. The maximum Gasteiger partial charge on any atom is 0.306 e. The molecule has 0 aromatic carbocycles. The summed E-state index contributed by atoms with van der Waals surface area (Å²) in [5.74, 6) is -0.838. The van der Waals surface area contributed by atoms with Crippen LogP contribution in [0, 0.1) is 0 Å². The maximum atomic E-state index is 12.8. The second kappa shape index (κ2) is 51.0. The highest BCUT2D eigenvalue weighted by atomic mass is 16.6. The number of esters is 3. The molecule has 0 aliphatic carbocycles. The number of rotatable bonds is 51. The zero-order valence-corrected chi connectivity index (χ0v) is 41.5. The highest BCUT2D eigenvalue weighted by Gasteiger charge is 2.19. The van der Waals surface area contributed by atoms with Crippen molar-refractivity contribution in [3.05, 3.63) is 0 Å². The lowest BCUT2D eigenvalue weighted by Gasteiger charge is -2.18. The van der Waals surface area contributed by atoms with Gasteiger partial charge < -0.3 is 14.2 Å². The van der Waals surface area contributed by atoms with Gasteiger partial charge in [0.2, 0.25) is 0 Å². The molecule has 0 aliphatic rings. The molecule has 6 heteroatoms. The summed E-state index contributed by atoms with van der Waals surface area (Å²) in [5, 5.41) is 0. The van der Waals surface area contributed by atoms with Crippen LogP contribution in [-0.2, 0) is 28.6 Å². The van der Waals surface area contributed by atoms with Crippen LogP contribution in [0.2, 0.25) is 0 Å². The third kappa shape index (κ3) is 49.3. The lowest BCUT2D eigenvalue weighted by molar-refractivity contribution is -0.167. The molecule has 0 spiro atoms. The third-order valence-corrected chi connectivity index (χ3v) is 12.6. The Balaban J connectivity index is 4.22. The van der Waals surface area contributed by atoms with E-state index < -0.39 is 6.10 Å². The maximum absolute atomic E-state index is 12.8. The Kier molecular flexibility index (Phi) is 49.7. The summed E-state index contributed by atoms with van der Waals surface area (Å²) < 4.78 is 16.8. The van der Waals surface area contributed by atoms with Crippen molar-refractivity contribution in [1.29, 1.82) is 0 Å². The largest absolute Gasteiger partial charge is 0.462 e. The van der Waals surface area contributed by atoms with Gasteiger partial charge in [0.25, 0.3) is 0 Å². The molecule has 0 amide bonds. The number of hydrogen-bond donors (Lipinski definition) is 0. The molecule has 0 saturated carbocycles. The molecular weight excluding hydrogens is 757 g/mol. The van der Waals surface area contributed by atoms with E-state index in [9.17, 15) is 14.4 Å². The van der Waals surface area contributed by atoms with Gasteiger partial charge >= 0.3 is 17.9 Å². The Hall–Kier alpha value is -1.59. The van der Waals surface area contributed by atoms with Crippen molar-refractivity contribution < 1.29 is 28.6 Å². The topological polar surface area (TPSA) is 78.9 Å². The summed E-state index contributed by atoms with van der Waals surface area (Å²) in [4.78, 5) is 38.0. The van der Waals surface area contributed by atoms with Crippen LogP contribution in [0.3, 0.4) is 0 Å². The standard InChI is InChI=1S/C55H106O6/c1-4-7-10-13-16-19-22-24-26-27-28-30-32-34-37-39-42-45-48-54(57)60-51-52(61-55(58)49-46-43-40-35-21-18-15-12-9-6-3)50-59-53(56)47-44-41-38-36-33-31-29-25-23-20-17-14-11-8-5-2/h52H,4-51H2,1-3H3/t52-/m1/s1. The molecule has 0 saturated heterocycles. The van der Waals surface area contributed by atoms with Crippen LogP contribution in [0.15, 0.2) is 0 Å². The van der Waals surface area contributed by atoms with Gasteiger partial charge in [0, 0.05) is 19.3 Å². The number of hydrogen-bond acceptors (Lipinski definition) is 6. The summed E-state index contributed by atoms with van der Waals surface area (Å²) in [5.41, 5.74) is 0. The van der Waals surface area contributed by atoms with Gasteiger partial charge in [-0.15, -0.1) is 0 Å². The minimum absolute atomic E-state index is 0.0616. The van der Waals surface area contributed by atoms with Gasteiger partial charge in [0.1, 0.15) is 13.2 Å². The van der Waals surface area contributed by atoms with Crippen LogP contribution < -0.4 is 0 Å². The summed E-state index contributed by atoms with van der Waals surface area (Å²) >= 11 is 0. The van der Waals surface area contributed by atoms with Gasteiger partial charge in [0.05, 0.1) is 0 Å². The molecule has 61 heavy (non-hydrogen) atoms. The molecule has 362 valence electrons. The van der Waals surface area contributed by atoms with Gasteiger partial charge in [-0.05, 0) is 19.3 Å². The molecule has 0 fully saturated rings. The van der Waals surface area contributed by atoms with E-state index in [1.807, 2.05) is 0 Å². The highest BCUT2D eigenvalue weighted by molar-refractivity contribution is 5.71. The van der Waals surface area contributed by atoms with Crippen LogP contribution in [-0.4, -0.2) is 37.2 Å². The number of carbonyl (C=O) groups excluding carboxylic acids is 3. The minimum atomic E-state index is -0.759. The number of unbranched alkanes of at least 4 members (excludes halogenated alkanes) is 40. The molecule has 0 unspecified atom stereocenters. The number of ether oxygens (including phenoxy) is 3. The smallest absolute Gasteiger partial charge is 0.306 e. The fraction of sp³-hybridized carbons (Fsp3) is 0.945. The first-order valence-electron chi connectivity index (χ1n) is 27.5. The first-order valence-corrected chi connectivity index (χ1v) is 27.5. The summed E-state index contributed by atoms with van der Waals surface area (Å²) in [7, 11) is 0. The molecular formula is C55H106O6. The molecule has 0 heterocycles. The number of carbonyl (C=O) groups is 3. The first-order chi connectivity index (χ1) is 30.0. The van der Waals surface area contributed by atoms with Crippen molar-refractivity contribution in [1.82, 2.24) is 0 Å². The predicted octanol–water partition coefficient (Wildman–Crippen LogP) is 18.0. The van der Waals surface area contributed by atoms with Crippen LogP contribution >= 0.6 is 0 Å². The minimum Gasteiger partial charge on any atom is -0.462 e. The van der Waals surface area contributed by atoms with Crippen molar-refractivity contribution in [2.24, 2.45) is 0 Å². The zero-order valence-electron chi connectivity index (χ0n) is 41.5. The molecule has 0 aromatic heterocycles. The van der Waals surface area contributed by atoms with Crippen LogP contribution in [0.25, 0.3) is 0 Å². The van der Waals surface area contributed by atoms with Crippen molar-refractivity contribution >= 4 is 17.9 Å². The van der Waals surface area contributed by atoms with E-state index in [2.05, 4.69) is 20.8 Å². The van der Waals surface area contributed by atoms with E-state index >= 15 is 0 Å². The summed E-state index contributed by atoms with van der Waals surface area (Å²) in [6.07, 6.45) is 55.2. The predicted molar refractivity (Wildman–Crippen MR) is 261 cm³/mol. The van der Waals surface area contributed by atoms with E-state index in [1.165, 1.54) is 218 Å². The Bertz CT molecular complexity index is 905. The lowest BCUT2D eigenvalue weighted by Crippen LogP contribution is -2.30. The fourth-order valence-electron chi connectivity index (χ4n) is 8.45. The molecule has 0 N–H and O–H groups in total. The van der Waals surface area contributed by atoms with Gasteiger partial charge in [-0.1, -0.05) is 278 Å². The molecule has 0 aromatic rings. The molecule has 0 bridgehead atoms. The normalized spacial score (nSPS) is 11.9. The molecule has 6 nitrogen and oxygen atoms in total. The lowest BCUT2D eigenvalue weighted by atomic mass is 10.0. The summed E-state index contributed by atoms with van der Waals surface area (Å²) in [6.45, 7) is 6.68. The van der Waals surface area contributed by atoms with E-state index in [-0.39, 0.29) is 31.1 Å². The van der Waals surface area contributed by atoms with Gasteiger partial charge in [0.15, 0.2) is 6.10 Å². The van der Waals surface area contributed by atoms with Crippen LogP contribution in [0.1, 0.15) is 316 Å². The molecule has 0 rings (SSSR count). The van der Waals surface area contributed by atoms with Crippen molar-refractivity contribution in [2.45, 2.75) is 322 Å². The zero-order chi connectivity index (χ0) is 44.4. The van der Waals surface area contributed by atoms with Gasteiger partial charge in [-0.3, -0.25) is 14.4 Å². The van der Waals surface area contributed by atoms with E-state index in [0.717, 1.165) is 57.8 Å². The average Bonchev–Trinajstić information content (AvgIpc) is 3.26. The third-order valence-electron chi connectivity index (χ3n) is 12.6. The van der Waals surface area contributed by atoms with Gasteiger partial charge in [-0.25, -0.2) is 0 Å². The quantitative estimate of drug-likeness (QED) is 0.0344. The molecule has 1 atom stereocenters. The second-order valence-corrected chi connectivity index (χ2v) is 18.9. The van der Waals surface area contributed by atoms with Crippen molar-refractivity contribution in [2.75, 3.05) is 13.2 Å². The Labute approximate surface area is 380 Å². The fourth-order valence-corrected chi connectivity index (χ4v) is 8.45. The average molecular weight is 863 g/mol. The van der Waals surface area contributed by atoms with E-state index in [4.69, 9.17) is 14.2 Å². The van der Waals surface area contributed by atoms with E-state index in [0.29, 0.717) is 19.3 Å². The Morgan fingerprint density at radius 3 is 0.656 bits per heavy atom. The second-order valence-electron chi connectivity index (χ2n) is 18.9. The highest BCUT2D eigenvalue weighted by Crippen LogP contribution is 2.17. The van der Waals surface area contributed by atoms with Crippen LogP contribution in [0.5, 0.6) is 0 Å². The van der Waals surface area contributed by atoms with E-state index in [1.54, 1.807) is 0 Å². The monoisotopic (exact) mass is 863 g/mol. The summed E-state index contributed by atoms with van der Waals surface area (Å²) in [6, 6.07) is 0. The molecule has 0 aliphatic heterocycles. The Morgan fingerprint density at radius 1 is 0.262 bits per heavy atom. The SMILES string of the molecule is CCCCCCCCCCCCCCCCCCCCC(=O)OC[C@@H](COC(=O)CCCCCCCCCCCCCCCCC)OC(=O)CCCCCCCCCCCC. The Morgan fingerprint density at radius 2 is 0.443 bits per heavy atom.